The summed E-state index contributed by atoms with van der Waals surface area (Å²) >= 11 is 0. The Morgan fingerprint density at radius 2 is 1.76 bits per heavy atom. The molecule has 0 unspecified atom stereocenters. The summed E-state index contributed by atoms with van der Waals surface area (Å²) in [6.07, 6.45) is 9.13. The molecular weight excluding hydrogens is 486 g/mol. The molecular formula is C30H35NO7. The molecule has 3 aromatic rings. The maximum Gasteiger partial charge on any atom is 0.349 e. The Morgan fingerprint density at radius 1 is 0.947 bits per heavy atom. The fourth-order valence-corrected chi connectivity index (χ4v) is 3.72. The molecule has 0 atom stereocenters. The molecule has 0 saturated carbocycles. The Hall–Kier alpha value is -4.07. The van der Waals surface area contributed by atoms with Gasteiger partial charge in [0.25, 0.3) is 5.91 Å². The number of benzene rings is 2. The molecule has 202 valence electrons. The van der Waals surface area contributed by atoms with E-state index in [0.717, 1.165) is 31.2 Å². The third kappa shape index (κ3) is 8.23. The van der Waals surface area contributed by atoms with Crippen LogP contribution in [0.3, 0.4) is 0 Å². The van der Waals surface area contributed by atoms with Crippen LogP contribution in [0, 0.1) is 0 Å². The molecule has 0 aliphatic heterocycles. The second-order valence-electron chi connectivity index (χ2n) is 8.83. The molecule has 0 aliphatic carbocycles. The monoisotopic (exact) mass is 521 g/mol. The molecule has 0 radical (unpaired) electrons. The van der Waals surface area contributed by atoms with Gasteiger partial charge in [-0.2, -0.15) is 0 Å². The van der Waals surface area contributed by atoms with Crippen LogP contribution >= 0.6 is 0 Å². The first-order valence-corrected chi connectivity index (χ1v) is 13.0. The van der Waals surface area contributed by atoms with Gasteiger partial charge in [-0.3, -0.25) is 4.79 Å². The Kier molecular flexibility index (Phi) is 11.0. The summed E-state index contributed by atoms with van der Waals surface area (Å²) in [6, 6.07) is 11.5. The Balaban J connectivity index is 1.63. The summed E-state index contributed by atoms with van der Waals surface area (Å²) in [6.45, 7) is 5.29. The zero-order chi connectivity index (χ0) is 27.3. The van der Waals surface area contributed by atoms with Crippen molar-refractivity contribution in [2.45, 2.75) is 52.4 Å². The van der Waals surface area contributed by atoms with Gasteiger partial charge in [-0.05, 0) is 54.8 Å². The van der Waals surface area contributed by atoms with E-state index >= 15 is 0 Å². The minimum absolute atomic E-state index is 0.0652. The molecule has 2 aromatic carbocycles. The summed E-state index contributed by atoms with van der Waals surface area (Å²) in [5.41, 5.74) is 0.137. The van der Waals surface area contributed by atoms with Gasteiger partial charge in [0.05, 0.1) is 13.7 Å². The summed E-state index contributed by atoms with van der Waals surface area (Å²) < 4.78 is 21.9. The van der Waals surface area contributed by atoms with Crippen LogP contribution in [0.5, 0.6) is 17.2 Å². The van der Waals surface area contributed by atoms with Crippen molar-refractivity contribution in [1.29, 1.82) is 0 Å². The molecule has 3 rings (SSSR count). The van der Waals surface area contributed by atoms with Crippen LogP contribution in [0.1, 0.15) is 68.3 Å². The fraction of sp³-hybridized carbons (Fsp3) is 0.367. The van der Waals surface area contributed by atoms with E-state index in [4.69, 9.17) is 18.6 Å². The topological polar surface area (TPSA) is 104 Å². The van der Waals surface area contributed by atoms with Crippen LogP contribution < -0.4 is 25.2 Å². The SMILES string of the molecule is CCCCCCOc1ccc(/C=C/C(=O)Oc2ccc3cc(C(=O)NCCCC)c(=O)oc3c2)cc1OC. The van der Waals surface area contributed by atoms with E-state index in [0.29, 0.717) is 30.0 Å². The fourth-order valence-electron chi connectivity index (χ4n) is 3.72. The number of amides is 1. The largest absolute Gasteiger partial charge is 0.493 e. The predicted molar refractivity (Wildman–Crippen MR) is 147 cm³/mol. The molecule has 0 fully saturated rings. The van der Waals surface area contributed by atoms with Crippen LogP contribution in [0.2, 0.25) is 0 Å². The van der Waals surface area contributed by atoms with E-state index in [1.807, 2.05) is 19.1 Å². The molecule has 8 nitrogen and oxygen atoms in total. The van der Waals surface area contributed by atoms with Crippen molar-refractivity contribution < 1.29 is 28.2 Å². The van der Waals surface area contributed by atoms with Crippen LogP contribution in [-0.4, -0.2) is 32.1 Å². The number of unbranched alkanes of at least 4 members (excludes halogenated alkanes) is 4. The number of esters is 1. The highest BCUT2D eigenvalue weighted by Crippen LogP contribution is 2.29. The van der Waals surface area contributed by atoms with Gasteiger partial charge in [0.15, 0.2) is 11.5 Å². The summed E-state index contributed by atoms with van der Waals surface area (Å²) in [5, 5.41) is 3.25. The van der Waals surface area contributed by atoms with E-state index < -0.39 is 17.5 Å². The van der Waals surface area contributed by atoms with Gasteiger partial charge in [0.2, 0.25) is 0 Å². The molecule has 0 spiro atoms. The first kappa shape index (κ1) is 28.5. The Bertz CT molecular complexity index is 1330. The van der Waals surface area contributed by atoms with E-state index in [1.54, 1.807) is 31.4 Å². The first-order valence-electron chi connectivity index (χ1n) is 13.0. The van der Waals surface area contributed by atoms with Gasteiger partial charge in [-0.25, -0.2) is 9.59 Å². The summed E-state index contributed by atoms with van der Waals surface area (Å²) in [5.74, 6) is 0.369. The zero-order valence-corrected chi connectivity index (χ0v) is 22.2. The minimum atomic E-state index is -0.753. The standard InChI is InChI=1S/C30H35NO7/c1-4-6-8-9-17-36-25-14-10-21(18-27(25)35-3)11-15-28(32)37-23-13-12-22-19-24(29(33)31-16-7-5-2)30(34)38-26(22)20-23/h10-15,18-20H,4-9,16-17H2,1-3H3,(H,31,33)/b15-11+. The van der Waals surface area contributed by atoms with Crippen LogP contribution in [0.4, 0.5) is 0 Å². The molecule has 0 bridgehead atoms. The molecule has 8 heteroatoms. The lowest BCUT2D eigenvalue weighted by Gasteiger charge is -2.11. The van der Waals surface area contributed by atoms with E-state index in [-0.39, 0.29) is 16.9 Å². The molecule has 1 N–H and O–H groups in total. The quantitative estimate of drug-likeness (QED) is 0.0925. The van der Waals surface area contributed by atoms with Crippen molar-refractivity contribution in [3.8, 4) is 17.2 Å². The summed E-state index contributed by atoms with van der Waals surface area (Å²) in [7, 11) is 1.57. The van der Waals surface area contributed by atoms with Crippen molar-refractivity contribution in [1.82, 2.24) is 5.32 Å². The number of rotatable bonds is 14. The number of hydrogen-bond acceptors (Lipinski definition) is 7. The third-order valence-electron chi connectivity index (χ3n) is 5.84. The van der Waals surface area contributed by atoms with Gasteiger partial charge in [-0.1, -0.05) is 45.6 Å². The second-order valence-corrected chi connectivity index (χ2v) is 8.83. The third-order valence-corrected chi connectivity index (χ3v) is 5.84. The minimum Gasteiger partial charge on any atom is -0.493 e. The van der Waals surface area contributed by atoms with Crippen LogP contribution in [-0.2, 0) is 4.79 Å². The number of nitrogens with one attached hydrogen (secondary N) is 1. The number of methoxy groups -OCH3 is 1. The van der Waals surface area contributed by atoms with E-state index in [9.17, 15) is 14.4 Å². The maximum atomic E-state index is 12.4. The number of ether oxygens (including phenoxy) is 3. The number of carbonyl (C=O) groups is 2. The molecule has 1 amide bonds. The van der Waals surface area contributed by atoms with Crippen molar-refractivity contribution in [2.75, 3.05) is 20.3 Å². The molecule has 38 heavy (non-hydrogen) atoms. The number of hydrogen-bond donors (Lipinski definition) is 1. The van der Waals surface area contributed by atoms with Crippen molar-refractivity contribution in [2.24, 2.45) is 0 Å². The molecule has 0 aliphatic rings. The van der Waals surface area contributed by atoms with Gasteiger partial charge in [-0.15, -0.1) is 0 Å². The van der Waals surface area contributed by atoms with Gasteiger partial charge in [0, 0.05) is 24.1 Å². The number of fused-ring (bicyclic) bond motifs is 1. The molecule has 1 heterocycles. The van der Waals surface area contributed by atoms with Crippen molar-refractivity contribution >= 4 is 28.9 Å². The average molecular weight is 522 g/mol. The highest BCUT2D eigenvalue weighted by atomic mass is 16.5. The predicted octanol–water partition coefficient (Wildman–Crippen LogP) is 5.91. The van der Waals surface area contributed by atoms with Crippen LogP contribution in [0.25, 0.3) is 17.0 Å². The van der Waals surface area contributed by atoms with Gasteiger partial charge in [0.1, 0.15) is 16.9 Å². The van der Waals surface area contributed by atoms with Crippen molar-refractivity contribution in [3.63, 3.8) is 0 Å². The van der Waals surface area contributed by atoms with E-state index in [2.05, 4.69) is 12.2 Å². The second kappa shape index (κ2) is 14.6. The Morgan fingerprint density at radius 3 is 2.53 bits per heavy atom. The number of carbonyl (C=O) groups excluding carboxylic acids is 2. The highest BCUT2D eigenvalue weighted by molar-refractivity contribution is 5.97. The van der Waals surface area contributed by atoms with Crippen LogP contribution in [0.15, 0.2) is 57.8 Å². The maximum absolute atomic E-state index is 12.4. The van der Waals surface area contributed by atoms with Gasteiger partial charge >= 0.3 is 11.6 Å². The smallest absolute Gasteiger partial charge is 0.349 e. The lowest BCUT2D eigenvalue weighted by atomic mass is 10.1. The summed E-state index contributed by atoms with van der Waals surface area (Å²) in [4.78, 5) is 37.0. The molecule has 0 saturated heterocycles. The normalized spacial score (nSPS) is 11.0. The van der Waals surface area contributed by atoms with Gasteiger partial charge < -0.3 is 23.9 Å². The lowest BCUT2D eigenvalue weighted by molar-refractivity contribution is -0.128. The van der Waals surface area contributed by atoms with Crippen molar-refractivity contribution in [3.05, 3.63) is 70.1 Å². The zero-order valence-electron chi connectivity index (χ0n) is 22.2. The highest BCUT2D eigenvalue weighted by Gasteiger charge is 2.14. The average Bonchev–Trinajstić information content (AvgIpc) is 2.91. The lowest BCUT2D eigenvalue weighted by Crippen LogP contribution is -2.28. The first-order chi connectivity index (χ1) is 18.4. The Labute approximate surface area is 222 Å². The van der Waals surface area contributed by atoms with E-state index in [1.165, 1.54) is 31.1 Å². The molecule has 1 aromatic heterocycles.